The number of carboxylic acid groups (broad SMARTS) is 1. The second kappa shape index (κ2) is 6.15. The summed E-state index contributed by atoms with van der Waals surface area (Å²) in [5.74, 6) is 0.296. The standard InChI is InChI=1S/C16H27NO3/c1-16(2)9-3-4-13(16)15(20)17-10-7-12(8-11-17)5-6-14(18)19/h12-13H,3-11H2,1-2H3,(H,18,19). The Balaban J connectivity index is 1.81. The maximum atomic E-state index is 12.6. The molecule has 114 valence electrons. The van der Waals surface area contributed by atoms with Gasteiger partial charge >= 0.3 is 5.97 Å². The van der Waals surface area contributed by atoms with Crippen LogP contribution < -0.4 is 0 Å². The van der Waals surface area contributed by atoms with Gasteiger partial charge in [-0.05, 0) is 43.4 Å². The van der Waals surface area contributed by atoms with E-state index in [1.54, 1.807) is 0 Å². The topological polar surface area (TPSA) is 57.6 Å². The fourth-order valence-corrected chi connectivity index (χ4v) is 3.77. The monoisotopic (exact) mass is 281 g/mol. The van der Waals surface area contributed by atoms with Gasteiger partial charge in [-0.2, -0.15) is 0 Å². The molecule has 1 saturated heterocycles. The molecule has 0 radical (unpaired) electrons. The minimum Gasteiger partial charge on any atom is -0.481 e. The van der Waals surface area contributed by atoms with Crippen LogP contribution in [0.2, 0.25) is 0 Å². The van der Waals surface area contributed by atoms with Crippen LogP contribution in [-0.4, -0.2) is 35.0 Å². The van der Waals surface area contributed by atoms with E-state index in [4.69, 9.17) is 5.11 Å². The summed E-state index contributed by atoms with van der Waals surface area (Å²) in [5.41, 5.74) is 0.150. The predicted octanol–water partition coefficient (Wildman–Crippen LogP) is 2.92. The molecule has 1 heterocycles. The van der Waals surface area contributed by atoms with Crippen LogP contribution in [0.15, 0.2) is 0 Å². The Bertz CT molecular complexity index is 370. The van der Waals surface area contributed by atoms with Crippen LogP contribution in [-0.2, 0) is 9.59 Å². The Morgan fingerprint density at radius 1 is 1.20 bits per heavy atom. The van der Waals surface area contributed by atoms with Gasteiger partial charge in [0, 0.05) is 25.4 Å². The zero-order valence-electron chi connectivity index (χ0n) is 12.7. The zero-order chi connectivity index (χ0) is 14.8. The Labute approximate surface area is 121 Å². The van der Waals surface area contributed by atoms with Crippen LogP contribution in [0, 0.1) is 17.3 Å². The number of rotatable bonds is 4. The van der Waals surface area contributed by atoms with Gasteiger partial charge in [0.25, 0.3) is 0 Å². The molecule has 1 aliphatic heterocycles. The Morgan fingerprint density at radius 3 is 2.35 bits per heavy atom. The second-order valence-electron chi connectivity index (χ2n) is 7.13. The second-order valence-corrected chi connectivity index (χ2v) is 7.13. The van der Waals surface area contributed by atoms with E-state index in [-0.39, 0.29) is 17.8 Å². The quantitative estimate of drug-likeness (QED) is 0.862. The molecule has 4 heteroatoms. The van der Waals surface area contributed by atoms with Gasteiger partial charge in [-0.1, -0.05) is 20.3 Å². The van der Waals surface area contributed by atoms with Crippen molar-refractivity contribution in [2.24, 2.45) is 17.3 Å². The minimum atomic E-state index is -0.712. The number of hydrogen-bond acceptors (Lipinski definition) is 2. The molecule has 0 bridgehead atoms. The largest absolute Gasteiger partial charge is 0.481 e. The molecule has 1 amide bonds. The molecule has 1 saturated carbocycles. The Morgan fingerprint density at radius 2 is 1.85 bits per heavy atom. The normalized spacial score (nSPS) is 26.7. The molecular weight excluding hydrogens is 254 g/mol. The number of amides is 1. The smallest absolute Gasteiger partial charge is 0.303 e. The predicted molar refractivity (Wildman–Crippen MR) is 77.3 cm³/mol. The summed E-state index contributed by atoms with van der Waals surface area (Å²) in [6.07, 6.45) is 6.29. The lowest BCUT2D eigenvalue weighted by atomic mass is 9.80. The van der Waals surface area contributed by atoms with Crippen LogP contribution in [0.5, 0.6) is 0 Å². The minimum absolute atomic E-state index is 0.150. The fraction of sp³-hybridized carbons (Fsp3) is 0.875. The number of carbonyl (C=O) groups is 2. The number of likely N-dealkylation sites (tertiary alicyclic amines) is 1. The highest BCUT2D eigenvalue weighted by atomic mass is 16.4. The van der Waals surface area contributed by atoms with E-state index in [2.05, 4.69) is 13.8 Å². The summed E-state index contributed by atoms with van der Waals surface area (Å²) >= 11 is 0. The number of hydrogen-bond donors (Lipinski definition) is 1. The number of piperidine rings is 1. The maximum absolute atomic E-state index is 12.6. The third-order valence-electron chi connectivity index (χ3n) is 5.25. The van der Waals surface area contributed by atoms with Crippen molar-refractivity contribution >= 4 is 11.9 Å². The summed E-state index contributed by atoms with van der Waals surface area (Å²) in [7, 11) is 0. The molecule has 2 rings (SSSR count). The van der Waals surface area contributed by atoms with Crippen molar-refractivity contribution in [1.29, 1.82) is 0 Å². The summed E-state index contributed by atoms with van der Waals surface area (Å²) in [4.78, 5) is 25.2. The summed E-state index contributed by atoms with van der Waals surface area (Å²) < 4.78 is 0. The fourth-order valence-electron chi connectivity index (χ4n) is 3.77. The first kappa shape index (κ1) is 15.3. The van der Waals surface area contributed by atoms with E-state index in [1.165, 1.54) is 6.42 Å². The van der Waals surface area contributed by atoms with Gasteiger partial charge in [-0.3, -0.25) is 9.59 Å². The number of carbonyl (C=O) groups excluding carboxylic acids is 1. The van der Waals surface area contributed by atoms with Crippen LogP contribution >= 0.6 is 0 Å². The molecule has 1 aliphatic carbocycles. The van der Waals surface area contributed by atoms with Gasteiger partial charge < -0.3 is 10.0 Å². The van der Waals surface area contributed by atoms with Crippen molar-refractivity contribution in [2.75, 3.05) is 13.1 Å². The molecule has 2 aliphatic rings. The van der Waals surface area contributed by atoms with Gasteiger partial charge in [-0.15, -0.1) is 0 Å². The lowest BCUT2D eigenvalue weighted by Crippen LogP contribution is -2.44. The molecule has 0 aromatic carbocycles. The highest BCUT2D eigenvalue weighted by Gasteiger charge is 2.41. The number of carboxylic acids is 1. The van der Waals surface area contributed by atoms with Gasteiger partial charge in [-0.25, -0.2) is 0 Å². The lowest BCUT2D eigenvalue weighted by Gasteiger charge is -2.36. The molecule has 0 spiro atoms. The first-order chi connectivity index (χ1) is 9.40. The van der Waals surface area contributed by atoms with Gasteiger partial charge in [0.15, 0.2) is 0 Å². The van der Waals surface area contributed by atoms with Crippen LogP contribution in [0.25, 0.3) is 0 Å². The van der Waals surface area contributed by atoms with Crippen molar-refractivity contribution < 1.29 is 14.7 Å². The number of nitrogens with zero attached hydrogens (tertiary/aromatic N) is 1. The molecule has 0 aromatic heterocycles. The number of aliphatic carboxylic acids is 1. The van der Waals surface area contributed by atoms with Crippen molar-refractivity contribution in [3.63, 3.8) is 0 Å². The third kappa shape index (κ3) is 3.53. The molecule has 2 fully saturated rings. The first-order valence-corrected chi connectivity index (χ1v) is 7.91. The molecule has 1 N–H and O–H groups in total. The average Bonchev–Trinajstić information content (AvgIpc) is 2.76. The molecule has 1 unspecified atom stereocenters. The van der Waals surface area contributed by atoms with Crippen LogP contribution in [0.4, 0.5) is 0 Å². The molecule has 0 aromatic rings. The molecular formula is C16H27NO3. The Hall–Kier alpha value is -1.06. The van der Waals surface area contributed by atoms with Crippen LogP contribution in [0.3, 0.4) is 0 Å². The van der Waals surface area contributed by atoms with Crippen molar-refractivity contribution in [3.8, 4) is 0 Å². The van der Waals surface area contributed by atoms with Crippen molar-refractivity contribution in [2.45, 2.75) is 58.8 Å². The third-order valence-corrected chi connectivity index (χ3v) is 5.25. The van der Waals surface area contributed by atoms with Gasteiger partial charge in [0.1, 0.15) is 0 Å². The molecule has 4 nitrogen and oxygen atoms in total. The van der Waals surface area contributed by atoms with E-state index in [0.29, 0.717) is 11.8 Å². The van der Waals surface area contributed by atoms with Crippen LogP contribution in [0.1, 0.15) is 58.8 Å². The average molecular weight is 281 g/mol. The Kier molecular flexibility index (Phi) is 4.71. The molecule has 20 heavy (non-hydrogen) atoms. The highest BCUT2D eigenvalue weighted by molar-refractivity contribution is 5.80. The van der Waals surface area contributed by atoms with Crippen molar-refractivity contribution in [3.05, 3.63) is 0 Å². The maximum Gasteiger partial charge on any atom is 0.303 e. The van der Waals surface area contributed by atoms with E-state index < -0.39 is 5.97 Å². The zero-order valence-corrected chi connectivity index (χ0v) is 12.7. The first-order valence-electron chi connectivity index (χ1n) is 7.91. The highest BCUT2D eigenvalue weighted by Crippen LogP contribution is 2.43. The summed E-state index contributed by atoms with van der Waals surface area (Å²) in [6.45, 7) is 6.05. The lowest BCUT2D eigenvalue weighted by molar-refractivity contribution is -0.141. The summed E-state index contributed by atoms with van der Waals surface area (Å²) in [5, 5.41) is 8.72. The van der Waals surface area contributed by atoms with E-state index >= 15 is 0 Å². The van der Waals surface area contributed by atoms with Crippen molar-refractivity contribution in [1.82, 2.24) is 4.90 Å². The van der Waals surface area contributed by atoms with E-state index in [1.807, 2.05) is 4.90 Å². The SMILES string of the molecule is CC1(C)CCCC1C(=O)N1CCC(CCC(=O)O)CC1. The van der Waals surface area contributed by atoms with E-state index in [0.717, 1.165) is 45.2 Å². The van der Waals surface area contributed by atoms with Gasteiger partial charge in [0.2, 0.25) is 5.91 Å². The van der Waals surface area contributed by atoms with Gasteiger partial charge in [0.05, 0.1) is 0 Å². The summed E-state index contributed by atoms with van der Waals surface area (Å²) in [6, 6.07) is 0. The molecule has 1 atom stereocenters. The van der Waals surface area contributed by atoms with E-state index in [9.17, 15) is 9.59 Å².